The third-order valence-electron chi connectivity index (χ3n) is 4.01. The van der Waals surface area contributed by atoms with Gasteiger partial charge in [-0.25, -0.2) is 9.18 Å². The summed E-state index contributed by atoms with van der Waals surface area (Å²) in [6.45, 7) is 3.87. The second-order valence-electron chi connectivity index (χ2n) is 6.79. The molecule has 1 amide bonds. The Kier molecular flexibility index (Phi) is 6.93. The molecule has 0 radical (unpaired) electrons. The summed E-state index contributed by atoms with van der Waals surface area (Å²) in [6, 6.07) is 7.68. The van der Waals surface area contributed by atoms with E-state index in [1.165, 1.54) is 57.4 Å². The molecule has 0 bridgehead atoms. The van der Waals surface area contributed by atoms with Crippen LogP contribution in [-0.2, 0) is 14.3 Å². The molecule has 0 saturated heterocycles. The number of hydrogen-bond acceptors (Lipinski definition) is 7. The van der Waals surface area contributed by atoms with Crippen LogP contribution in [0.5, 0.6) is 11.5 Å². The second-order valence-corrected chi connectivity index (χ2v) is 6.79. The predicted octanol–water partition coefficient (Wildman–Crippen LogP) is 3.39. The fraction of sp³-hybridized carbons (Fsp3) is 0.300. The van der Waals surface area contributed by atoms with E-state index < -0.39 is 34.8 Å². The van der Waals surface area contributed by atoms with Crippen LogP contribution in [-0.4, -0.2) is 36.1 Å². The highest BCUT2D eigenvalue weighted by molar-refractivity contribution is 5.94. The topological polar surface area (TPSA) is 117 Å². The lowest BCUT2D eigenvalue weighted by Crippen LogP contribution is -2.41. The van der Waals surface area contributed by atoms with Crippen molar-refractivity contribution in [3.05, 3.63) is 57.9 Å². The van der Waals surface area contributed by atoms with Crippen molar-refractivity contribution < 1.29 is 33.1 Å². The lowest BCUT2D eigenvalue weighted by Gasteiger charge is -2.24. The van der Waals surface area contributed by atoms with E-state index in [9.17, 15) is 24.1 Å². The Morgan fingerprint density at radius 3 is 2.40 bits per heavy atom. The smallest absolute Gasteiger partial charge is 0.350 e. The number of nitro benzene ring substituents is 1. The maximum Gasteiger partial charge on any atom is 0.350 e. The highest BCUT2D eigenvalue weighted by Gasteiger charge is 2.32. The van der Waals surface area contributed by atoms with Gasteiger partial charge in [0.25, 0.3) is 5.91 Å². The van der Waals surface area contributed by atoms with Crippen molar-refractivity contribution >= 4 is 23.3 Å². The standard InChI is InChI=1S/C20H21FN2O7/c1-12-9-16(23(26)27)17(28-4)10-15(12)22-18(24)11-29-19(25)20(2,3)30-14-7-5-13(21)6-8-14/h5-10H,11H2,1-4H3,(H,22,24). The van der Waals surface area contributed by atoms with Crippen LogP contribution in [0.2, 0.25) is 0 Å². The molecule has 2 aromatic rings. The highest BCUT2D eigenvalue weighted by Crippen LogP contribution is 2.32. The van der Waals surface area contributed by atoms with Crippen molar-refractivity contribution in [2.45, 2.75) is 26.4 Å². The maximum atomic E-state index is 13.0. The van der Waals surface area contributed by atoms with Gasteiger partial charge >= 0.3 is 11.7 Å². The van der Waals surface area contributed by atoms with Crippen LogP contribution >= 0.6 is 0 Å². The average Bonchev–Trinajstić information content (AvgIpc) is 2.68. The normalized spacial score (nSPS) is 10.8. The number of aryl methyl sites for hydroxylation is 1. The number of benzene rings is 2. The first-order valence-corrected chi connectivity index (χ1v) is 8.78. The Morgan fingerprint density at radius 1 is 1.20 bits per heavy atom. The number of nitrogens with one attached hydrogen (secondary N) is 1. The molecule has 0 unspecified atom stereocenters. The van der Waals surface area contributed by atoms with Crippen molar-refractivity contribution in [1.29, 1.82) is 0 Å². The zero-order valence-corrected chi connectivity index (χ0v) is 16.9. The molecular formula is C20H21FN2O7. The zero-order valence-electron chi connectivity index (χ0n) is 16.9. The van der Waals surface area contributed by atoms with Crippen LogP contribution in [0.3, 0.4) is 0 Å². The SMILES string of the molecule is COc1cc(NC(=O)COC(=O)C(C)(C)Oc2ccc(F)cc2)c(C)cc1[N+](=O)[O-]. The summed E-state index contributed by atoms with van der Waals surface area (Å²) in [5, 5.41) is 13.5. The summed E-state index contributed by atoms with van der Waals surface area (Å²) in [5.74, 6) is -1.67. The lowest BCUT2D eigenvalue weighted by atomic mass is 10.1. The van der Waals surface area contributed by atoms with Crippen LogP contribution in [0.25, 0.3) is 0 Å². The molecule has 2 rings (SSSR count). The summed E-state index contributed by atoms with van der Waals surface area (Å²) in [4.78, 5) is 34.9. The largest absolute Gasteiger partial charge is 0.490 e. The monoisotopic (exact) mass is 420 g/mol. The van der Waals surface area contributed by atoms with E-state index in [1.807, 2.05) is 0 Å². The van der Waals surface area contributed by atoms with Crippen molar-refractivity contribution in [1.82, 2.24) is 0 Å². The molecule has 0 aliphatic carbocycles. The summed E-state index contributed by atoms with van der Waals surface area (Å²) in [6.07, 6.45) is 0. The number of esters is 1. The molecule has 9 nitrogen and oxygen atoms in total. The molecule has 160 valence electrons. The molecule has 10 heteroatoms. The molecular weight excluding hydrogens is 399 g/mol. The van der Waals surface area contributed by atoms with Gasteiger partial charge in [0.1, 0.15) is 11.6 Å². The van der Waals surface area contributed by atoms with Crippen molar-refractivity contribution in [3.8, 4) is 11.5 Å². The number of nitrogens with zero attached hydrogens (tertiary/aromatic N) is 1. The van der Waals surface area contributed by atoms with E-state index in [2.05, 4.69) is 5.32 Å². The number of halogens is 1. The number of ether oxygens (including phenoxy) is 3. The third-order valence-corrected chi connectivity index (χ3v) is 4.01. The van der Waals surface area contributed by atoms with E-state index in [-0.39, 0.29) is 22.9 Å². The Morgan fingerprint density at radius 2 is 1.83 bits per heavy atom. The first kappa shape index (κ1) is 22.6. The van der Waals surface area contributed by atoms with Gasteiger partial charge < -0.3 is 19.5 Å². The Bertz CT molecular complexity index is 958. The summed E-state index contributed by atoms with van der Waals surface area (Å²) < 4.78 is 28.5. The molecule has 0 fully saturated rings. The summed E-state index contributed by atoms with van der Waals surface area (Å²) in [7, 11) is 1.27. The van der Waals surface area contributed by atoms with E-state index >= 15 is 0 Å². The van der Waals surface area contributed by atoms with Crippen molar-refractivity contribution in [2.75, 3.05) is 19.0 Å². The Labute approximate surface area is 171 Å². The Balaban J connectivity index is 1.99. The molecule has 0 heterocycles. The number of hydrogen-bond donors (Lipinski definition) is 1. The van der Waals surface area contributed by atoms with Gasteiger partial charge in [0, 0.05) is 17.8 Å². The lowest BCUT2D eigenvalue weighted by molar-refractivity contribution is -0.385. The summed E-state index contributed by atoms with van der Waals surface area (Å²) >= 11 is 0. The van der Waals surface area contributed by atoms with E-state index in [1.54, 1.807) is 6.92 Å². The molecule has 0 spiro atoms. The minimum Gasteiger partial charge on any atom is -0.490 e. The van der Waals surface area contributed by atoms with Gasteiger partial charge in [-0.05, 0) is 50.6 Å². The molecule has 0 aliphatic rings. The van der Waals surface area contributed by atoms with Gasteiger partial charge in [-0.3, -0.25) is 14.9 Å². The second kappa shape index (κ2) is 9.21. The van der Waals surface area contributed by atoms with E-state index in [0.717, 1.165) is 0 Å². The van der Waals surface area contributed by atoms with E-state index in [4.69, 9.17) is 14.2 Å². The number of amides is 1. The summed E-state index contributed by atoms with van der Waals surface area (Å²) in [5.41, 5.74) is -0.952. The first-order chi connectivity index (χ1) is 14.0. The van der Waals surface area contributed by atoms with Crippen LogP contribution < -0.4 is 14.8 Å². The number of carbonyl (C=O) groups excluding carboxylic acids is 2. The quantitative estimate of drug-likeness (QED) is 0.395. The van der Waals surface area contributed by atoms with Crippen LogP contribution in [0.15, 0.2) is 36.4 Å². The van der Waals surface area contributed by atoms with Gasteiger partial charge in [0.15, 0.2) is 18.0 Å². The van der Waals surface area contributed by atoms with E-state index in [0.29, 0.717) is 5.56 Å². The fourth-order valence-electron chi connectivity index (χ4n) is 2.44. The molecule has 0 aromatic heterocycles. The molecule has 0 atom stereocenters. The molecule has 0 saturated carbocycles. The van der Waals surface area contributed by atoms with Gasteiger partial charge in [0.05, 0.1) is 12.0 Å². The minimum atomic E-state index is -1.43. The highest BCUT2D eigenvalue weighted by atomic mass is 19.1. The van der Waals surface area contributed by atoms with Gasteiger partial charge in [0.2, 0.25) is 0 Å². The average molecular weight is 420 g/mol. The van der Waals surface area contributed by atoms with Crippen molar-refractivity contribution in [2.24, 2.45) is 0 Å². The Hall–Kier alpha value is -3.69. The number of rotatable bonds is 8. The molecule has 2 aromatic carbocycles. The minimum absolute atomic E-state index is 0.0216. The van der Waals surface area contributed by atoms with Gasteiger partial charge in [-0.2, -0.15) is 0 Å². The maximum absolute atomic E-state index is 13.0. The van der Waals surface area contributed by atoms with Crippen LogP contribution in [0.4, 0.5) is 15.8 Å². The number of nitro groups is 1. The number of anilines is 1. The fourth-order valence-corrected chi connectivity index (χ4v) is 2.44. The molecule has 1 N–H and O–H groups in total. The third kappa shape index (κ3) is 5.66. The van der Waals surface area contributed by atoms with Gasteiger partial charge in [-0.1, -0.05) is 0 Å². The van der Waals surface area contributed by atoms with Crippen LogP contribution in [0, 0.1) is 22.9 Å². The number of methoxy groups -OCH3 is 1. The number of carbonyl (C=O) groups is 2. The van der Waals surface area contributed by atoms with Crippen molar-refractivity contribution in [3.63, 3.8) is 0 Å². The zero-order chi connectivity index (χ0) is 22.5. The van der Waals surface area contributed by atoms with Gasteiger partial charge in [-0.15, -0.1) is 0 Å². The van der Waals surface area contributed by atoms with Crippen LogP contribution in [0.1, 0.15) is 19.4 Å². The molecule has 30 heavy (non-hydrogen) atoms. The first-order valence-electron chi connectivity index (χ1n) is 8.78. The molecule has 0 aliphatic heterocycles. The predicted molar refractivity (Wildman–Crippen MR) is 105 cm³/mol.